The summed E-state index contributed by atoms with van der Waals surface area (Å²) in [5.74, 6) is -0.225. The van der Waals surface area contributed by atoms with E-state index in [-0.39, 0.29) is 11.8 Å². The number of hydrogen-bond acceptors (Lipinski definition) is 3. The third-order valence-corrected chi connectivity index (χ3v) is 3.69. The second-order valence-corrected chi connectivity index (χ2v) is 5.35. The minimum atomic E-state index is -0.158. The maximum absolute atomic E-state index is 12.6. The lowest BCUT2D eigenvalue weighted by Gasteiger charge is -2.17. The van der Waals surface area contributed by atoms with Gasteiger partial charge >= 0.3 is 0 Å². The monoisotopic (exact) mass is 312 g/mol. The average molecular weight is 313 g/mol. The lowest BCUT2D eigenvalue weighted by molar-refractivity contribution is 0.0993. The highest BCUT2D eigenvalue weighted by atomic mass is 35.5. The summed E-state index contributed by atoms with van der Waals surface area (Å²) in [7, 11) is 1.70. The fourth-order valence-electron chi connectivity index (χ4n) is 2.22. The largest absolute Gasteiger partial charge is 0.493 e. The van der Waals surface area contributed by atoms with E-state index in [1.54, 1.807) is 54.4 Å². The van der Waals surface area contributed by atoms with E-state index >= 15 is 0 Å². The molecule has 0 spiro atoms. The molecule has 0 aliphatic heterocycles. The number of aromatic nitrogens is 1. The highest BCUT2D eigenvalue weighted by Gasteiger charge is 2.14. The highest BCUT2D eigenvalue weighted by Crippen LogP contribution is 2.21. The van der Waals surface area contributed by atoms with Crippen molar-refractivity contribution in [1.29, 1.82) is 0 Å². The minimum Gasteiger partial charge on any atom is -0.493 e. The molecule has 3 rings (SSSR count). The molecule has 110 valence electrons. The zero-order valence-corrected chi connectivity index (χ0v) is 12.6. The first kappa shape index (κ1) is 14.4. The summed E-state index contributed by atoms with van der Waals surface area (Å²) < 4.78 is 0. The molecule has 0 fully saturated rings. The molecule has 0 bridgehead atoms. The van der Waals surface area contributed by atoms with Crippen LogP contribution in [0.3, 0.4) is 0 Å². The van der Waals surface area contributed by atoms with Crippen molar-refractivity contribution in [3.8, 4) is 5.88 Å². The van der Waals surface area contributed by atoms with Gasteiger partial charge in [-0.05, 0) is 42.5 Å². The Hall–Kier alpha value is -2.59. The lowest BCUT2D eigenvalue weighted by Crippen LogP contribution is -2.26. The number of fused-ring (bicyclic) bond motifs is 1. The van der Waals surface area contributed by atoms with Crippen LogP contribution in [0.2, 0.25) is 5.02 Å². The molecule has 1 N–H and O–H groups in total. The number of amides is 1. The van der Waals surface area contributed by atoms with E-state index in [9.17, 15) is 9.90 Å². The van der Waals surface area contributed by atoms with Crippen LogP contribution in [0.5, 0.6) is 5.88 Å². The molecule has 0 saturated carbocycles. The second-order valence-electron chi connectivity index (χ2n) is 4.92. The first-order valence-corrected chi connectivity index (χ1v) is 7.06. The summed E-state index contributed by atoms with van der Waals surface area (Å²) in [6.45, 7) is 0. The second kappa shape index (κ2) is 5.66. The van der Waals surface area contributed by atoms with Crippen LogP contribution in [0.15, 0.2) is 54.6 Å². The molecule has 1 aromatic heterocycles. The Bertz CT molecular complexity index is 847. The van der Waals surface area contributed by atoms with Crippen LogP contribution in [-0.2, 0) is 0 Å². The molecule has 5 heteroatoms. The quantitative estimate of drug-likeness (QED) is 0.781. The van der Waals surface area contributed by atoms with Crippen molar-refractivity contribution in [3.63, 3.8) is 0 Å². The Morgan fingerprint density at radius 3 is 2.50 bits per heavy atom. The van der Waals surface area contributed by atoms with E-state index < -0.39 is 0 Å². The molecular weight excluding hydrogens is 300 g/mol. The Kier molecular flexibility index (Phi) is 3.69. The van der Waals surface area contributed by atoms with E-state index in [4.69, 9.17) is 11.6 Å². The van der Waals surface area contributed by atoms with Gasteiger partial charge in [-0.3, -0.25) is 4.79 Å². The number of benzene rings is 2. The van der Waals surface area contributed by atoms with Crippen LogP contribution < -0.4 is 4.90 Å². The van der Waals surface area contributed by atoms with Crippen LogP contribution in [0, 0.1) is 0 Å². The third-order valence-electron chi connectivity index (χ3n) is 3.44. The van der Waals surface area contributed by atoms with Crippen molar-refractivity contribution in [3.05, 3.63) is 65.2 Å². The number of pyridine rings is 1. The molecule has 2 aromatic carbocycles. The fraction of sp³-hybridized carbons (Fsp3) is 0.0588. The number of hydrogen-bond donors (Lipinski definition) is 1. The summed E-state index contributed by atoms with van der Waals surface area (Å²) >= 11 is 5.86. The van der Waals surface area contributed by atoms with Gasteiger partial charge in [-0.15, -0.1) is 0 Å². The normalized spacial score (nSPS) is 10.6. The smallest absolute Gasteiger partial charge is 0.258 e. The summed E-state index contributed by atoms with van der Waals surface area (Å²) in [6.07, 6.45) is 0. The molecule has 0 aliphatic rings. The molecule has 1 heterocycles. The number of halogens is 1. The fourth-order valence-corrected chi connectivity index (χ4v) is 2.34. The summed E-state index contributed by atoms with van der Waals surface area (Å²) in [5.41, 5.74) is 1.83. The molecule has 0 atom stereocenters. The minimum absolute atomic E-state index is 0.0665. The number of nitrogens with zero attached hydrogens (tertiary/aromatic N) is 2. The van der Waals surface area contributed by atoms with Crippen molar-refractivity contribution in [2.24, 2.45) is 0 Å². The number of aromatic hydroxyl groups is 1. The van der Waals surface area contributed by atoms with Gasteiger partial charge in [0, 0.05) is 34.8 Å². The van der Waals surface area contributed by atoms with Crippen LogP contribution in [0.4, 0.5) is 5.69 Å². The Balaban J connectivity index is 1.95. The third kappa shape index (κ3) is 2.73. The Morgan fingerprint density at radius 1 is 1.09 bits per heavy atom. The van der Waals surface area contributed by atoms with Gasteiger partial charge < -0.3 is 10.0 Å². The van der Waals surface area contributed by atoms with E-state index in [1.165, 1.54) is 6.07 Å². The van der Waals surface area contributed by atoms with Crippen molar-refractivity contribution >= 4 is 34.1 Å². The Labute approximate surface area is 132 Å². The summed E-state index contributed by atoms with van der Waals surface area (Å²) in [5, 5.41) is 10.9. The van der Waals surface area contributed by atoms with Gasteiger partial charge in [0.2, 0.25) is 5.88 Å². The SMILES string of the molecule is CN(C(=O)c1ccc2ccc(O)nc2c1)c1ccc(Cl)cc1. The van der Waals surface area contributed by atoms with E-state index in [0.29, 0.717) is 16.1 Å². The summed E-state index contributed by atoms with van der Waals surface area (Å²) in [4.78, 5) is 18.1. The van der Waals surface area contributed by atoms with E-state index in [2.05, 4.69) is 4.98 Å². The van der Waals surface area contributed by atoms with Gasteiger partial charge in [0.1, 0.15) is 0 Å². The molecule has 0 unspecified atom stereocenters. The first-order valence-electron chi connectivity index (χ1n) is 6.68. The predicted molar refractivity (Wildman–Crippen MR) is 87.6 cm³/mol. The highest BCUT2D eigenvalue weighted by molar-refractivity contribution is 6.30. The summed E-state index contributed by atoms with van der Waals surface area (Å²) in [6, 6.07) is 15.5. The number of rotatable bonds is 2. The van der Waals surface area contributed by atoms with Crippen molar-refractivity contribution < 1.29 is 9.90 Å². The molecule has 0 saturated heterocycles. The maximum Gasteiger partial charge on any atom is 0.258 e. The van der Waals surface area contributed by atoms with E-state index in [1.807, 2.05) is 6.07 Å². The van der Waals surface area contributed by atoms with Crippen molar-refractivity contribution in [1.82, 2.24) is 4.98 Å². The zero-order valence-electron chi connectivity index (χ0n) is 11.8. The van der Waals surface area contributed by atoms with Crippen LogP contribution in [0.25, 0.3) is 10.9 Å². The standard InChI is InChI=1S/C17H13ClN2O2/c1-20(14-7-5-13(18)6-8-14)17(22)12-3-2-11-4-9-16(21)19-15(11)10-12/h2-10H,1H3,(H,19,21). The van der Waals surface area contributed by atoms with Crippen LogP contribution >= 0.6 is 11.6 Å². The molecular formula is C17H13ClN2O2. The van der Waals surface area contributed by atoms with Gasteiger partial charge in [-0.25, -0.2) is 4.98 Å². The van der Waals surface area contributed by atoms with E-state index in [0.717, 1.165) is 11.1 Å². The van der Waals surface area contributed by atoms with Gasteiger partial charge in [0.05, 0.1) is 5.52 Å². The zero-order chi connectivity index (χ0) is 15.7. The maximum atomic E-state index is 12.6. The van der Waals surface area contributed by atoms with Gasteiger partial charge in [0.15, 0.2) is 0 Å². The molecule has 0 aliphatic carbocycles. The molecule has 1 amide bonds. The van der Waals surface area contributed by atoms with Crippen molar-refractivity contribution in [2.45, 2.75) is 0 Å². The van der Waals surface area contributed by atoms with Gasteiger partial charge in [0.25, 0.3) is 5.91 Å². The van der Waals surface area contributed by atoms with Gasteiger partial charge in [-0.2, -0.15) is 0 Å². The van der Waals surface area contributed by atoms with Crippen LogP contribution in [-0.4, -0.2) is 23.0 Å². The average Bonchev–Trinajstić information content (AvgIpc) is 2.53. The molecule has 4 nitrogen and oxygen atoms in total. The topological polar surface area (TPSA) is 53.4 Å². The number of carbonyl (C=O) groups is 1. The number of anilines is 1. The lowest BCUT2D eigenvalue weighted by atomic mass is 10.1. The Morgan fingerprint density at radius 2 is 1.77 bits per heavy atom. The van der Waals surface area contributed by atoms with Crippen molar-refractivity contribution in [2.75, 3.05) is 11.9 Å². The first-order chi connectivity index (χ1) is 10.5. The molecule has 0 radical (unpaired) electrons. The molecule has 22 heavy (non-hydrogen) atoms. The molecule has 3 aromatic rings. The van der Waals surface area contributed by atoms with Crippen LogP contribution in [0.1, 0.15) is 10.4 Å². The number of carbonyl (C=O) groups excluding carboxylic acids is 1. The van der Waals surface area contributed by atoms with Gasteiger partial charge in [-0.1, -0.05) is 17.7 Å². The predicted octanol–water partition coefficient (Wildman–Crippen LogP) is 3.87.